The van der Waals surface area contributed by atoms with Crippen molar-refractivity contribution in [3.8, 4) is 0 Å². The van der Waals surface area contributed by atoms with E-state index in [0.29, 0.717) is 29.2 Å². The van der Waals surface area contributed by atoms with E-state index in [1.165, 1.54) is 12.8 Å². The zero-order valence-corrected chi connectivity index (χ0v) is 13.9. The number of para-hydroxylation sites is 1. The van der Waals surface area contributed by atoms with Crippen LogP contribution in [0.3, 0.4) is 0 Å². The molecule has 1 saturated carbocycles. The van der Waals surface area contributed by atoms with Gasteiger partial charge in [0.1, 0.15) is 0 Å². The number of amides is 1. The molecule has 0 saturated heterocycles. The first-order valence-electron chi connectivity index (χ1n) is 8.29. The Hall–Kier alpha value is -1.77. The molecule has 120 valence electrons. The number of anilines is 1. The smallest absolute Gasteiger partial charge is 0.265 e. The van der Waals surface area contributed by atoms with Gasteiger partial charge in [0.15, 0.2) is 0 Å². The van der Waals surface area contributed by atoms with Crippen LogP contribution in [0.5, 0.6) is 0 Å². The Labute approximate surface area is 134 Å². The van der Waals surface area contributed by atoms with Gasteiger partial charge >= 0.3 is 0 Å². The molecule has 0 heterocycles. The third kappa shape index (κ3) is 4.12. The Morgan fingerprint density at radius 1 is 1.23 bits per heavy atom. The van der Waals surface area contributed by atoms with Crippen molar-refractivity contribution in [2.24, 2.45) is 23.7 Å². The van der Waals surface area contributed by atoms with Crippen molar-refractivity contribution in [1.29, 1.82) is 0 Å². The average Bonchev–Trinajstić information content (AvgIpc) is 2.52. The molecule has 3 nitrogen and oxygen atoms in total. The molecule has 1 aromatic carbocycles. The van der Waals surface area contributed by atoms with Crippen LogP contribution in [0.15, 0.2) is 42.5 Å². The van der Waals surface area contributed by atoms with Crippen molar-refractivity contribution in [2.75, 3.05) is 5.43 Å². The van der Waals surface area contributed by atoms with Crippen molar-refractivity contribution >= 4 is 11.6 Å². The fourth-order valence-corrected chi connectivity index (χ4v) is 3.50. The summed E-state index contributed by atoms with van der Waals surface area (Å²) in [6.07, 6.45) is 3.53. The molecule has 1 unspecified atom stereocenters. The summed E-state index contributed by atoms with van der Waals surface area (Å²) in [7, 11) is 0. The van der Waals surface area contributed by atoms with E-state index < -0.39 is 0 Å². The third-order valence-electron chi connectivity index (χ3n) is 4.86. The molecule has 1 aliphatic rings. The van der Waals surface area contributed by atoms with E-state index >= 15 is 0 Å². The number of carbonyl (C=O) groups excluding carboxylic acids is 1. The molecule has 1 aromatic rings. The molecule has 3 atom stereocenters. The molecule has 0 spiro atoms. The van der Waals surface area contributed by atoms with Crippen LogP contribution >= 0.6 is 0 Å². The van der Waals surface area contributed by atoms with E-state index in [1.807, 2.05) is 30.3 Å². The molecule has 0 radical (unpaired) electrons. The summed E-state index contributed by atoms with van der Waals surface area (Å²) in [5.41, 5.74) is 7.33. The predicted molar refractivity (Wildman–Crippen MR) is 92.2 cm³/mol. The molecular weight excluding hydrogens is 272 g/mol. The monoisotopic (exact) mass is 300 g/mol. The molecule has 1 fully saturated rings. The van der Waals surface area contributed by atoms with Gasteiger partial charge in [-0.3, -0.25) is 15.6 Å². The maximum absolute atomic E-state index is 12.4. The zero-order chi connectivity index (χ0) is 16.1. The fraction of sp³-hybridized carbons (Fsp3) is 0.526. The second-order valence-corrected chi connectivity index (χ2v) is 6.90. The lowest BCUT2D eigenvalue weighted by Gasteiger charge is -2.38. The van der Waals surface area contributed by atoms with Gasteiger partial charge in [-0.05, 0) is 48.6 Å². The predicted octanol–water partition coefficient (Wildman–Crippen LogP) is 4.39. The van der Waals surface area contributed by atoms with Crippen LogP contribution in [-0.4, -0.2) is 5.91 Å². The van der Waals surface area contributed by atoms with E-state index in [9.17, 15) is 4.79 Å². The quantitative estimate of drug-likeness (QED) is 0.625. The van der Waals surface area contributed by atoms with Crippen LogP contribution in [0.2, 0.25) is 0 Å². The summed E-state index contributed by atoms with van der Waals surface area (Å²) >= 11 is 0. The minimum absolute atomic E-state index is 0.0893. The van der Waals surface area contributed by atoms with Gasteiger partial charge in [0, 0.05) is 5.57 Å². The molecule has 22 heavy (non-hydrogen) atoms. The maximum atomic E-state index is 12.4. The van der Waals surface area contributed by atoms with E-state index in [0.717, 1.165) is 12.1 Å². The number of hydrogen-bond donors (Lipinski definition) is 2. The second kappa shape index (κ2) is 7.48. The van der Waals surface area contributed by atoms with Crippen molar-refractivity contribution in [2.45, 2.75) is 40.0 Å². The first-order valence-corrected chi connectivity index (χ1v) is 8.29. The molecule has 1 amide bonds. The standard InChI is InChI=1S/C19H28N2O/c1-13(2)17-11-10-14(3)12-18(17)15(4)19(22)21-20-16-8-6-5-7-9-16/h5-9,13-14,17-18,20H,4,10-12H2,1-3H3,(H,21,22)/t14-,17+,18?/m1/s1. The minimum Gasteiger partial charge on any atom is -0.298 e. The number of carbonyl (C=O) groups is 1. The summed E-state index contributed by atoms with van der Waals surface area (Å²) in [5, 5.41) is 0. The Bertz CT molecular complexity index is 509. The summed E-state index contributed by atoms with van der Waals surface area (Å²) < 4.78 is 0. The van der Waals surface area contributed by atoms with E-state index in [2.05, 4.69) is 38.2 Å². The highest BCUT2D eigenvalue weighted by Crippen LogP contribution is 2.41. The normalized spacial score (nSPS) is 24.8. The van der Waals surface area contributed by atoms with Crippen molar-refractivity contribution in [3.05, 3.63) is 42.5 Å². The zero-order valence-electron chi connectivity index (χ0n) is 13.9. The maximum Gasteiger partial charge on any atom is 0.265 e. The number of benzene rings is 1. The van der Waals surface area contributed by atoms with Gasteiger partial charge in [-0.2, -0.15) is 0 Å². The van der Waals surface area contributed by atoms with Crippen molar-refractivity contribution in [1.82, 2.24) is 5.43 Å². The first-order chi connectivity index (χ1) is 10.5. The summed E-state index contributed by atoms with van der Waals surface area (Å²) in [5.74, 6) is 2.02. The van der Waals surface area contributed by atoms with Gasteiger partial charge in [0.2, 0.25) is 0 Å². The Morgan fingerprint density at radius 3 is 2.55 bits per heavy atom. The van der Waals surface area contributed by atoms with Crippen LogP contribution in [0.4, 0.5) is 5.69 Å². The molecule has 2 N–H and O–H groups in total. The number of hydrogen-bond acceptors (Lipinski definition) is 2. The lowest BCUT2D eigenvalue weighted by Crippen LogP contribution is -2.37. The Morgan fingerprint density at radius 2 is 1.91 bits per heavy atom. The first kappa shape index (κ1) is 16.6. The van der Waals surface area contributed by atoms with Crippen LogP contribution in [0.1, 0.15) is 40.0 Å². The highest BCUT2D eigenvalue weighted by atomic mass is 16.2. The van der Waals surface area contributed by atoms with Gasteiger partial charge in [-0.1, -0.05) is 52.0 Å². The highest BCUT2D eigenvalue weighted by molar-refractivity contribution is 5.94. The topological polar surface area (TPSA) is 41.1 Å². The van der Waals surface area contributed by atoms with Gasteiger partial charge in [-0.25, -0.2) is 0 Å². The van der Waals surface area contributed by atoms with E-state index in [-0.39, 0.29) is 5.91 Å². The molecule has 1 aliphatic carbocycles. The Kier molecular flexibility index (Phi) is 5.64. The lowest BCUT2D eigenvalue weighted by atomic mass is 9.67. The van der Waals surface area contributed by atoms with Crippen molar-refractivity contribution in [3.63, 3.8) is 0 Å². The van der Waals surface area contributed by atoms with Gasteiger partial charge in [-0.15, -0.1) is 0 Å². The number of nitrogens with one attached hydrogen (secondary N) is 2. The summed E-state index contributed by atoms with van der Waals surface area (Å²) in [6, 6.07) is 9.65. The molecular formula is C19H28N2O. The van der Waals surface area contributed by atoms with E-state index in [1.54, 1.807) is 0 Å². The average molecular weight is 300 g/mol. The fourth-order valence-electron chi connectivity index (χ4n) is 3.50. The number of hydrazine groups is 1. The van der Waals surface area contributed by atoms with Gasteiger partial charge in [0.25, 0.3) is 5.91 Å². The molecule has 0 aliphatic heterocycles. The van der Waals surface area contributed by atoms with Crippen LogP contribution in [0.25, 0.3) is 0 Å². The highest BCUT2D eigenvalue weighted by Gasteiger charge is 2.34. The van der Waals surface area contributed by atoms with E-state index in [4.69, 9.17) is 0 Å². The summed E-state index contributed by atoms with van der Waals surface area (Å²) in [4.78, 5) is 12.4. The SMILES string of the molecule is C=C(C(=O)NNc1ccccc1)C1C[C@H](C)CC[C@H]1C(C)C. The van der Waals surface area contributed by atoms with Crippen LogP contribution < -0.4 is 10.9 Å². The Balaban J connectivity index is 1.97. The molecule has 3 heteroatoms. The summed E-state index contributed by atoms with van der Waals surface area (Å²) in [6.45, 7) is 10.9. The van der Waals surface area contributed by atoms with Gasteiger partial charge in [0.05, 0.1) is 5.69 Å². The minimum atomic E-state index is -0.0893. The van der Waals surface area contributed by atoms with Gasteiger partial charge < -0.3 is 0 Å². The van der Waals surface area contributed by atoms with Crippen LogP contribution in [0, 0.1) is 23.7 Å². The molecule has 2 rings (SSSR count). The third-order valence-corrected chi connectivity index (χ3v) is 4.86. The molecule has 0 bridgehead atoms. The van der Waals surface area contributed by atoms with Crippen LogP contribution in [-0.2, 0) is 4.79 Å². The lowest BCUT2D eigenvalue weighted by molar-refractivity contribution is -0.118. The van der Waals surface area contributed by atoms with Crippen molar-refractivity contribution < 1.29 is 4.79 Å². The second-order valence-electron chi connectivity index (χ2n) is 6.90. The largest absolute Gasteiger partial charge is 0.298 e. The molecule has 0 aromatic heterocycles. The number of rotatable bonds is 5.